The number of rotatable bonds is 9. The number of methoxy groups -OCH3 is 1. The van der Waals surface area contributed by atoms with E-state index < -0.39 is 41.0 Å². The van der Waals surface area contributed by atoms with Crippen LogP contribution >= 0.6 is 11.6 Å². The first kappa shape index (κ1) is 27.6. The van der Waals surface area contributed by atoms with Crippen molar-refractivity contribution in [1.29, 1.82) is 0 Å². The molecule has 13 heteroatoms. The largest absolute Gasteiger partial charge is 0.384 e. The second-order valence-electron chi connectivity index (χ2n) is 8.49. The Bertz CT molecular complexity index is 1570. The molecule has 3 aromatic heterocycles. The first-order chi connectivity index (χ1) is 18.7. The maximum atomic E-state index is 13.9. The number of ether oxygens (including phenoxy) is 1. The minimum Gasteiger partial charge on any atom is -0.384 e. The zero-order valence-corrected chi connectivity index (χ0v) is 21.5. The number of carbonyl (C=O) groups is 2. The number of benzene rings is 1. The lowest BCUT2D eigenvalue weighted by molar-refractivity contribution is -0.118. The molecule has 0 bridgehead atoms. The minimum atomic E-state index is -1.29. The molecule has 0 fully saturated rings. The molecular weight excluding hydrogens is 534 g/mol. The molecule has 1 aromatic carbocycles. The fraction of sp³-hybridized carbons (Fsp3) is 0.192. The Hall–Kier alpha value is -4.42. The van der Waals surface area contributed by atoms with Gasteiger partial charge in [-0.2, -0.15) is 5.10 Å². The van der Waals surface area contributed by atoms with Crippen molar-refractivity contribution in [3.8, 4) is 0 Å². The number of anilines is 1. The SMILES string of the molecule is COC[C@H](c1ccnc(NC(=O)[C@@H](NC(=O)c2ccnn2C)c2ccc(F)c(Cl)c2)c1)c1cc(F)c[nH]c1=O. The highest BCUT2D eigenvalue weighted by atomic mass is 35.5. The number of hydrogen-bond acceptors (Lipinski definition) is 6. The molecule has 2 atom stereocenters. The Kier molecular flexibility index (Phi) is 8.47. The zero-order valence-electron chi connectivity index (χ0n) is 20.7. The molecule has 39 heavy (non-hydrogen) atoms. The number of halogens is 3. The third kappa shape index (κ3) is 6.36. The lowest BCUT2D eigenvalue weighted by Crippen LogP contribution is -2.38. The van der Waals surface area contributed by atoms with Gasteiger partial charge < -0.3 is 20.4 Å². The average Bonchev–Trinajstić information content (AvgIpc) is 3.35. The van der Waals surface area contributed by atoms with E-state index in [0.29, 0.717) is 5.56 Å². The summed E-state index contributed by atoms with van der Waals surface area (Å²) in [6.07, 6.45) is 3.78. The third-order valence-electron chi connectivity index (χ3n) is 5.91. The highest BCUT2D eigenvalue weighted by Gasteiger charge is 2.26. The van der Waals surface area contributed by atoms with E-state index in [4.69, 9.17) is 16.3 Å². The molecule has 3 heterocycles. The van der Waals surface area contributed by atoms with Crippen molar-refractivity contribution in [1.82, 2.24) is 25.1 Å². The van der Waals surface area contributed by atoms with Crippen molar-refractivity contribution < 1.29 is 23.1 Å². The van der Waals surface area contributed by atoms with Crippen LogP contribution in [0.25, 0.3) is 0 Å². The van der Waals surface area contributed by atoms with E-state index in [-0.39, 0.29) is 34.3 Å². The number of nitrogens with zero attached hydrogens (tertiary/aromatic N) is 3. The number of aryl methyl sites for hydroxylation is 1. The second-order valence-corrected chi connectivity index (χ2v) is 8.90. The molecule has 0 aliphatic heterocycles. The van der Waals surface area contributed by atoms with E-state index in [1.807, 2.05) is 0 Å². The number of hydrogen-bond donors (Lipinski definition) is 3. The third-order valence-corrected chi connectivity index (χ3v) is 6.20. The molecule has 202 valence electrons. The van der Waals surface area contributed by atoms with E-state index in [2.05, 4.69) is 25.7 Å². The van der Waals surface area contributed by atoms with Crippen LogP contribution in [0.1, 0.15) is 39.1 Å². The van der Waals surface area contributed by atoms with Gasteiger partial charge in [0, 0.05) is 44.2 Å². The number of pyridine rings is 2. The van der Waals surface area contributed by atoms with Crippen molar-refractivity contribution in [2.75, 3.05) is 19.0 Å². The molecule has 3 N–H and O–H groups in total. The van der Waals surface area contributed by atoms with Gasteiger partial charge in [-0.15, -0.1) is 0 Å². The van der Waals surface area contributed by atoms with Crippen LogP contribution in [-0.2, 0) is 16.6 Å². The average molecular weight is 557 g/mol. The summed E-state index contributed by atoms with van der Waals surface area (Å²) in [6, 6.07) is 8.04. The fourth-order valence-electron chi connectivity index (χ4n) is 3.99. The normalized spacial score (nSPS) is 12.5. The number of aromatic nitrogens is 4. The van der Waals surface area contributed by atoms with Gasteiger partial charge in [0.1, 0.15) is 29.2 Å². The topological polar surface area (TPSA) is 131 Å². The van der Waals surface area contributed by atoms with Crippen LogP contribution in [0, 0.1) is 11.6 Å². The highest BCUT2D eigenvalue weighted by Crippen LogP contribution is 2.26. The Balaban J connectivity index is 1.65. The van der Waals surface area contributed by atoms with Crippen LogP contribution in [-0.4, -0.2) is 45.3 Å². The summed E-state index contributed by atoms with van der Waals surface area (Å²) in [7, 11) is 3.00. The fourth-order valence-corrected chi connectivity index (χ4v) is 4.18. The van der Waals surface area contributed by atoms with Crippen LogP contribution in [0.15, 0.2) is 65.8 Å². The van der Waals surface area contributed by atoms with Gasteiger partial charge in [-0.25, -0.2) is 13.8 Å². The summed E-state index contributed by atoms with van der Waals surface area (Å²) in [5.74, 6) is -3.22. The molecule has 0 radical (unpaired) electrons. The number of nitrogens with one attached hydrogen (secondary N) is 3. The van der Waals surface area contributed by atoms with Crippen LogP contribution in [0.2, 0.25) is 5.02 Å². The van der Waals surface area contributed by atoms with E-state index >= 15 is 0 Å². The van der Waals surface area contributed by atoms with Gasteiger partial charge in [-0.1, -0.05) is 17.7 Å². The monoisotopic (exact) mass is 556 g/mol. The quantitative estimate of drug-likeness (QED) is 0.290. The summed E-state index contributed by atoms with van der Waals surface area (Å²) in [5, 5.41) is 8.96. The molecule has 2 amide bonds. The Morgan fingerprint density at radius 3 is 2.62 bits per heavy atom. The van der Waals surface area contributed by atoms with Gasteiger partial charge >= 0.3 is 0 Å². The van der Waals surface area contributed by atoms with Crippen LogP contribution in [0.5, 0.6) is 0 Å². The van der Waals surface area contributed by atoms with Crippen molar-refractivity contribution in [3.05, 3.63) is 110 Å². The van der Waals surface area contributed by atoms with Gasteiger partial charge in [0.15, 0.2) is 0 Å². The molecule has 4 rings (SSSR count). The predicted octanol–water partition coefficient (Wildman–Crippen LogP) is 3.32. The highest BCUT2D eigenvalue weighted by molar-refractivity contribution is 6.30. The molecule has 10 nitrogen and oxygen atoms in total. The van der Waals surface area contributed by atoms with E-state index in [9.17, 15) is 23.2 Å². The van der Waals surface area contributed by atoms with Crippen molar-refractivity contribution in [3.63, 3.8) is 0 Å². The summed E-state index contributed by atoms with van der Waals surface area (Å²) >= 11 is 5.94. The van der Waals surface area contributed by atoms with Crippen LogP contribution in [0.3, 0.4) is 0 Å². The van der Waals surface area contributed by atoms with E-state index in [1.165, 1.54) is 48.5 Å². The molecule has 0 aliphatic rings. The summed E-state index contributed by atoms with van der Waals surface area (Å²) in [5.41, 5.74) is 0.547. The number of carbonyl (C=O) groups excluding carboxylic acids is 2. The van der Waals surface area contributed by atoms with Crippen molar-refractivity contribution >= 4 is 29.2 Å². The molecule has 0 saturated carbocycles. The van der Waals surface area contributed by atoms with Crippen LogP contribution in [0.4, 0.5) is 14.6 Å². The number of amides is 2. The van der Waals surface area contributed by atoms with Crippen molar-refractivity contribution in [2.24, 2.45) is 7.05 Å². The van der Waals surface area contributed by atoms with E-state index in [0.717, 1.165) is 18.3 Å². The standard InChI is InChI=1S/C26H23ClF2N6O4/c1-35-21(6-8-32-35)25(37)34-23(15-3-4-20(29)19(27)9-15)26(38)33-22-10-14(5-7-30-22)18(13-39-2)17-11-16(28)12-31-24(17)36/h3-12,18,23H,13H2,1-2H3,(H,31,36)(H,34,37)(H,30,33,38)/t18-,23+/m1/s1. The number of H-pyrrole nitrogens is 1. The Morgan fingerprint density at radius 2 is 1.92 bits per heavy atom. The predicted molar refractivity (Wildman–Crippen MR) is 138 cm³/mol. The smallest absolute Gasteiger partial charge is 0.270 e. The number of aromatic amines is 1. The first-order valence-corrected chi connectivity index (χ1v) is 11.9. The van der Waals surface area contributed by atoms with Gasteiger partial charge in [-0.05, 0) is 47.5 Å². The summed E-state index contributed by atoms with van der Waals surface area (Å²) < 4.78 is 34.3. The van der Waals surface area contributed by atoms with Crippen molar-refractivity contribution in [2.45, 2.75) is 12.0 Å². The Morgan fingerprint density at radius 1 is 1.13 bits per heavy atom. The van der Waals surface area contributed by atoms with Gasteiger partial charge in [-0.3, -0.25) is 19.1 Å². The molecule has 0 spiro atoms. The molecule has 0 unspecified atom stereocenters. The Labute approximate surface area is 226 Å². The first-order valence-electron chi connectivity index (χ1n) is 11.6. The summed E-state index contributed by atoms with van der Waals surface area (Å²) in [6.45, 7) is 0.0430. The van der Waals surface area contributed by atoms with Gasteiger partial charge in [0.2, 0.25) is 0 Å². The molecule has 4 aromatic rings. The molecular formula is C26H23ClF2N6O4. The molecule has 0 saturated heterocycles. The van der Waals surface area contributed by atoms with E-state index in [1.54, 1.807) is 13.1 Å². The lowest BCUT2D eigenvalue weighted by Gasteiger charge is -2.20. The zero-order chi connectivity index (χ0) is 28.1. The lowest BCUT2D eigenvalue weighted by atomic mass is 9.93. The minimum absolute atomic E-state index is 0.0430. The summed E-state index contributed by atoms with van der Waals surface area (Å²) in [4.78, 5) is 45.2. The maximum absolute atomic E-state index is 13.9. The van der Waals surface area contributed by atoms with Gasteiger partial charge in [0.25, 0.3) is 17.4 Å². The molecule has 0 aliphatic carbocycles. The maximum Gasteiger partial charge on any atom is 0.270 e. The van der Waals surface area contributed by atoms with Gasteiger partial charge in [0.05, 0.1) is 11.6 Å². The van der Waals surface area contributed by atoms with Crippen LogP contribution < -0.4 is 16.2 Å². The second kappa shape index (κ2) is 12.0.